The van der Waals surface area contributed by atoms with Crippen molar-refractivity contribution < 1.29 is 34.3 Å². The maximum atomic E-state index is 13.8. The Labute approximate surface area is 206 Å². The van der Waals surface area contributed by atoms with Gasteiger partial charge in [0.05, 0.1) is 25.2 Å². The molecule has 0 amide bonds. The molecule has 1 heterocycles. The van der Waals surface area contributed by atoms with Crippen molar-refractivity contribution in [1.82, 2.24) is 4.98 Å². The first-order valence-electron chi connectivity index (χ1n) is 12.1. The molecule has 3 atom stereocenters. The van der Waals surface area contributed by atoms with E-state index in [0.717, 1.165) is 33.6 Å². The average Bonchev–Trinajstić information content (AvgIpc) is 2.77. The lowest BCUT2D eigenvalue weighted by atomic mass is 9.84. The molecule has 0 saturated heterocycles. The Morgan fingerprint density at radius 3 is 2.23 bits per heavy atom. The Kier molecular flexibility index (Phi) is 11.2. The SMILES string of the molecule is COCc1c(C(C)CCO)nc(C(C)C)c(CCC(O)CC(O)CC(=O)O)c1-c1ccc(F)cc1. The fraction of sp³-hybridized carbons (Fsp3) is 0.556. The molecule has 1 aromatic heterocycles. The molecule has 2 aromatic rings. The number of aliphatic hydroxyl groups excluding tert-OH is 3. The van der Waals surface area contributed by atoms with Gasteiger partial charge in [-0.2, -0.15) is 0 Å². The summed E-state index contributed by atoms with van der Waals surface area (Å²) < 4.78 is 19.3. The normalized spacial score (nSPS) is 14.2. The van der Waals surface area contributed by atoms with E-state index in [1.165, 1.54) is 12.1 Å². The first-order valence-corrected chi connectivity index (χ1v) is 12.1. The summed E-state index contributed by atoms with van der Waals surface area (Å²) in [5, 5.41) is 38.9. The summed E-state index contributed by atoms with van der Waals surface area (Å²) in [5.74, 6) is -1.45. The van der Waals surface area contributed by atoms with Crippen LogP contribution in [-0.4, -0.2) is 57.3 Å². The molecular formula is C27H38FNO6. The third-order valence-corrected chi connectivity index (χ3v) is 6.14. The number of rotatable bonds is 14. The maximum absolute atomic E-state index is 13.8. The number of aromatic nitrogens is 1. The fourth-order valence-corrected chi connectivity index (χ4v) is 4.45. The van der Waals surface area contributed by atoms with E-state index < -0.39 is 24.6 Å². The lowest BCUT2D eigenvalue weighted by molar-refractivity contribution is -0.139. The molecule has 0 spiro atoms. The number of carboxylic acid groups (broad SMARTS) is 1. The summed E-state index contributed by atoms with van der Waals surface area (Å²) in [4.78, 5) is 15.9. The summed E-state index contributed by atoms with van der Waals surface area (Å²) in [6, 6.07) is 6.23. The van der Waals surface area contributed by atoms with Crippen molar-refractivity contribution in [3.63, 3.8) is 0 Å². The number of pyridine rings is 1. The molecule has 0 aliphatic rings. The molecule has 1 aromatic carbocycles. The Balaban J connectivity index is 2.62. The van der Waals surface area contributed by atoms with Crippen molar-refractivity contribution in [1.29, 1.82) is 0 Å². The van der Waals surface area contributed by atoms with Gasteiger partial charge in [0.25, 0.3) is 0 Å². The van der Waals surface area contributed by atoms with E-state index in [0.29, 0.717) is 19.3 Å². The van der Waals surface area contributed by atoms with Crippen LogP contribution < -0.4 is 0 Å². The quantitative estimate of drug-likeness (QED) is 0.313. The first kappa shape index (κ1) is 28.8. The number of nitrogens with zero attached hydrogens (tertiary/aromatic N) is 1. The van der Waals surface area contributed by atoms with Crippen molar-refractivity contribution in [2.24, 2.45) is 0 Å². The van der Waals surface area contributed by atoms with E-state index in [1.54, 1.807) is 19.2 Å². The molecule has 0 saturated carbocycles. The zero-order valence-corrected chi connectivity index (χ0v) is 21.0. The molecule has 35 heavy (non-hydrogen) atoms. The highest BCUT2D eigenvalue weighted by molar-refractivity contribution is 5.73. The number of hydrogen-bond donors (Lipinski definition) is 4. The third kappa shape index (κ3) is 8.07. The minimum absolute atomic E-state index is 0.0186. The topological polar surface area (TPSA) is 120 Å². The van der Waals surface area contributed by atoms with Gasteiger partial charge in [-0.05, 0) is 60.4 Å². The van der Waals surface area contributed by atoms with Crippen LogP contribution in [0.1, 0.15) is 80.8 Å². The van der Waals surface area contributed by atoms with Gasteiger partial charge in [-0.1, -0.05) is 32.9 Å². The molecule has 0 bridgehead atoms. The van der Waals surface area contributed by atoms with Crippen LogP contribution in [-0.2, 0) is 22.6 Å². The Hall–Kier alpha value is -2.39. The van der Waals surface area contributed by atoms with Crippen LogP contribution in [0.15, 0.2) is 24.3 Å². The van der Waals surface area contributed by atoms with Gasteiger partial charge in [0, 0.05) is 36.6 Å². The number of ether oxygens (including phenoxy) is 1. The van der Waals surface area contributed by atoms with Crippen LogP contribution in [0.25, 0.3) is 11.1 Å². The van der Waals surface area contributed by atoms with Crippen molar-refractivity contribution in [2.45, 2.75) is 83.5 Å². The molecule has 2 rings (SSSR count). The highest BCUT2D eigenvalue weighted by Crippen LogP contribution is 2.38. The Bertz CT molecular complexity index is 963. The van der Waals surface area contributed by atoms with Crippen LogP contribution in [0.2, 0.25) is 0 Å². The van der Waals surface area contributed by atoms with Crippen LogP contribution >= 0.6 is 0 Å². The maximum Gasteiger partial charge on any atom is 0.305 e. The molecular weight excluding hydrogens is 453 g/mol. The highest BCUT2D eigenvalue weighted by Gasteiger charge is 2.25. The average molecular weight is 492 g/mol. The second kappa shape index (κ2) is 13.6. The van der Waals surface area contributed by atoms with Gasteiger partial charge in [-0.15, -0.1) is 0 Å². The van der Waals surface area contributed by atoms with Crippen molar-refractivity contribution in [2.75, 3.05) is 13.7 Å². The highest BCUT2D eigenvalue weighted by atomic mass is 19.1. The van der Waals surface area contributed by atoms with E-state index in [4.69, 9.17) is 14.8 Å². The van der Waals surface area contributed by atoms with E-state index in [1.807, 2.05) is 20.8 Å². The summed E-state index contributed by atoms with van der Waals surface area (Å²) in [7, 11) is 1.60. The van der Waals surface area contributed by atoms with E-state index in [9.17, 15) is 24.5 Å². The predicted molar refractivity (Wildman–Crippen MR) is 132 cm³/mol. The standard InChI is InChI=1S/C27H38FNO6/c1-16(2)26-22(10-9-20(31)13-21(32)14-24(33)34)25(18-5-7-19(28)8-6-18)23(15-35-4)27(29-26)17(3)11-12-30/h5-8,16-17,20-21,30-32H,9-15H2,1-4H3,(H,33,34). The first-order chi connectivity index (χ1) is 16.6. The number of halogens is 1. The van der Waals surface area contributed by atoms with Gasteiger partial charge in [0.2, 0.25) is 0 Å². The minimum Gasteiger partial charge on any atom is -0.481 e. The number of aliphatic carboxylic acids is 1. The minimum atomic E-state index is -1.13. The van der Waals surface area contributed by atoms with E-state index >= 15 is 0 Å². The van der Waals surface area contributed by atoms with E-state index in [2.05, 4.69) is 0 Å². The molecule has 3 unspecified atom stereocenters. The fourth-order valence-electron chi connectivity index (χ4n) is 4.45. The Morgan fingerprint density at radius 1 is 1.03 bits per heavy atom. The lowest BCUT2D eigenvalue weighted by Gasteiger charge is -2.26. The number of carbonyl (C=O) groups is 1. The summed E-state index contributed by atoms with van der Waals surface area (Å²) in [5.41, 5.74) is 5.12. The second-order valence-corrected chi connectivity index (χ2v) is 9.40. The molecule has 0 aliphatic heterocycles. The summed E-state index contributed by atoms with van der Waals surface area (Å²) in [6.45, 7) is 6.36. The number of methoxy groups -OCH3 is 1. The van der Waals surface area contributed by atoms with Gasteiger partial charge in [-0.3, -0.25) is 9.78 Å². The molecule has 4 N–H and O–H groups in total. The largest absolute Gasteiger partial charge is 0.481 e. The molecule has 194 valence electrons. The summed E-state index contributed by atoms with van der Waals surface area (Å²) in [6.07, 6.45) is -1.24. The molecule has 7 nitrogen and oxygen atoms in total. The van der Waals surface area contributed by atoms with Gasteiger partial charge < -0.3 is 25.2 Å². The molecule has 8 heteroatoms. The molecule has 0 aliphatic carbocycles. The molecule has 0 radical (unpaired) electrons. The number of aliphatic hydroxyl groups is 3. The smallest absolute Gasteiger partial charge is 0.305 e. The van der Waals surface area contributed by atoms with Crippen molar-refractivity contribution in [3.05, 3.63) is 52.6 Å². The Morgan fingerprint density at radius 2 is 1.69 bits per heavy atom. The molecule has 0 fully saturated rings. The zero-order valence-electron chi connectivity index (χ0n) is 21.0. The van der Waals surface area contributed by atoms with Gasteiger partial charge in [0.15, 0.2) is 0 Å². The second-order valence-electron chi connectivity index (χ2n) is 9.40. The number of hydrogen-bond acceptors (Lipinski definition) is 6. The van der Waals surface area contributed by atoms with E-state index in [-0.39, 0.29) is 37.3 Å². The van der Waals surface area contributed by atoms with Crippen molar-refractivity contribution in [3.8, 4) is 11.1 Å². The zero-order chi connectivity index (χ0) is 26.1. The number of benzene rings is 1. The van der Waals surface area contributed by atoms with Gasteiger partial charge in [0.1, 0.15) is 5.82 Å². The summed E-state index contributed by atoms with van der Waals surface area (Å²) >= 11 is 0. The monoisotopic (exact) mass is 491 g/mol. The predicted octanol–water partition coefficient (Wildman–Crippen LogP) is 4.16. The third-order valence-electron chi connectivity index (χ3n) is 6.14. The van der Waals surface area contributed by atoms with Crippen LogP contribution in [0, 0.1) is 5.82 Å². The lowest BCUT2D eigenvalue weighted by Crippen LogP contribution is -2.22. The van der Waals surface area contributed by atoms with Gasteiger partial charge in [-0.25, -0.2) is 4.39 Å². The van der Waals surface area contributed by atoms with Gasteiger partial charge >= 0.3 is 5.97 Å². The van der Waals surface area contributed by atoms with Crippen molar-refractivity contribution >= 4 is 5.97 Å². The van der Waals surface area contributed by atoms with Crippen LogP contribution in [0.3, 0.4) is 0 Å². The number of carboxylic acids is 1. The van der Waals surface area contributed by atoms with Crippen LogP contribution in [0.4, 0.5) is 4.39 Å². The van der Waals surface area contributed by atoms with Crippen LogP contribution in [0.5, 0.6) is 0 Å².